The van der Waals surface area contributed by atoms with E-state index in [2.05, 4.69) is 71.6 Å². The third-order valence-electron chi connectivity index (χ3n) is 5.88. The first-order valence-corrected chi connectivity index (χ1v) is 12.9. The monoisotopic (exact) mass is 583 g/mol. The molecule has 1 aliphatic rings. The number of nitrogens with one attached hydrogen (secondary N) is 1. The minimum Gasteiger partial charge on any atom is -0.488 e. The average molecular weight is 585 g/mol. The van der Waals surface area contributed by atoms with Crippen molar-refractivity contribution in [3.63, 3.8) is 0 Å². The molecular formula is C27H27Br2N3O2. The number of hydrazone groups is 1. The molecule has 3 aromatic carbocycles. The number of hydrogen-bond acceptors (Lipinski definition) is 4. The molecule has 3 aromatic rings. The van der Waals surface area contributed by atoms with Crippen LogP contribution < -0.4 is 10.2 Å². The summed E-state index contributed by atoms with van der Waals surface area (Å²) in [4.78, 5) is 15.0. The Kier molecular flexibility index (Phi) is 8.91. The lowest BCUT2D eigenvalue weighted by Crippen LogP contribution is -2.39. The van der Waals surface area contributed by atoms with Gasteiger partial charge in [0.2, 0.25) is 5.91 Å². The van der Waals surface area contributed by atoms with E-state index in [1.54, 1.807) is 6.21 Å². The summed E-state index contributed by atoms with van der Waals surface area (Å²) >= 11 is 6.92. The Bertz CT molecular complexity index is 1110. The van der Waals surface area contributed by atoms with Gasteiger partial charge in [0.05, 0.1) is 6.21 Å². The molecule has 0 radical (unpaired) electrons. The van der Waals surface area contributed by atoms with E-state index in [0.29, 0.717) is 6.61 Å². The highest BCUT2D eigenvalue weighted by molar-refractivity contribution is 9.10. The molecule has 0 aliphatic carbocycles. The third-order valence-corrected chi connectivity index (χ3v) is 6.94. The maximum atomic E-state index is 12.6. The van der Waals surface area contributed by atoms with E-state index in [0.717, 1.165) is 58.3 Å². The molecule has 0 atom stereocenters. The number of para-hydroxylation sites is 1. The maximum absolute atomic E-state index is 12.6. The predicted octanol–water partition coefficient (Wildman–Crippen LogP) is 6.15. The van der Waals surface area contributed by atoms with E-state index in [1.165, 1.54) is 5.56 Å². The Morgan fingerprint density at radius 2 is 1.56 bits per heavy atom. The lowest BCUT2D eigenvalue weighted by atomic mass is 9.96. The molecule has 0 saturated carbocycles. The molecule has 34 heavy (non-hydrogen) atoms. The van der Waals surface area contributed by atoms with Crippen LogP contribution in [0.15, 0.2) is 86.8 Å². The van der Waals surface area contributed by atoms with Gasteiger partial charge in [-0.05, 0) is 73.5 Å². The van der Waals surface area contributed by atoms with Crippen molar-refractivity contribution in [2.24, 2.45) is 11.0 Å². The molecule has 0 bridgehead atoms. The zero-order valence-corrected chi connectivity index (χ0v) is 22.0. The van der Waals surface area contributed by atoms with E-state index in [-0.39, 0.29) is 11.8 Å². The minimum atomic E-state index is -0.0206. The summed E-state index contributed by atoms with van der Waals surface area (Å²) < 4.78 is 8.10. The first-order chi connectivity index (χ1) is 16.6. The lowest BCUT2D eigenvalue weighted by Gasteiger charge is -2.30. The molecule has 0 aromatic heterocycles. The zero-order chi connectivity index (χ0) is 23.8. The van der Waals surface area contributed by atoms with Gasteiger partial charge in [-0.15, -0.1) is 0 Å². The van der Waals surface area contributed by atoms with Gasteiger partial charge in [-0.3, -0.25) is 9.69 Å². The number of halogens is 2. The summed E-state index contributed by atoms with van der Waals surface area (Å²) in [6, 6.07) is 24.1. The van der Waals surface area contributed by atoms with Crippen molar-refractivity contribution in [1.82, 2.24) is 10.3 Å². The number of likely N-dealkylation sites (tertiary alicyclic amines) is 1. The van der Waals surface area contributed by atoms with Crippen molar-refractivity contribution < 1.29 is 9.53 Å². The highest BCUT2D eigenvalue weighted by Gasteiger charge is 2.24. The number of hydrogen-bond donors (Lipinski definition) is 1. The van der Waals surface area contributed by atoms with Gasteiger partial charge >= 0.3 is 0 Å². The van der Waals surface area contributed by atoms with Gasteiger partial charge in [-0.1, -0.05) is 68.3 Å². The summed E-state index contributed by atoms with van der Waals surface area (Å²) in [5, 5.41) is 4.21. The summed E-state index contributed by atoms with van der Waals surface area (Å²) in [6.45, 7) is 3.19. The second-order valence-electron chi connectivity index (χ2n) is 8.36. The van der Waals surface area contributed by atoms with Gasteiger partial charge in [-0.25, -0.2) is 5.43 Å². The topological polar surface area (TPSA) is 53.9 Å². The van der Waals surface area contributed by atoms with Crippen LogP contribution in [0.1, 0.15) is 29.5 Å². The fourth-order valence-electron chi connectivity index (χ4n) is 3.92. The van der Waals surface area contributed by atoms with Crippen LogP contribution in [0, 0.1) is 5.92 Å². The van der Waals surface area contributed by atoms with E-state index in [4.69, 9.17) is 4.74 Å². The number of piperidine rings is 1. The zero-order valence-electron chi connectivity index (χ0n) is 18.8. The van der Waals surface area contributed by atoms with Crippen molar-refractivity contribution in [3.8, 4) is 5.75 Å². The van der Waals surface area contributed by atoms with Gasteiger partial charge in [-0.2, -0.15) is 5.10 Å². The highest BCUT2D eigenvalue weighted by Crippen LogP contribution is 2.21. The quantitative estimate of drug-likeness (QED) is 0.255. The van der Waals surface area contributed by atoms with E-state index in [9.17, 15) is 4.79 Å². The first kappa shape index (κ1) is 24.6. The summed E-state index contributed by atoms with van der Waals surface area (Å²) in [5.41, 5.74) is 5.92. The number of amides is 1. The fourth-order valence-corrected chi connectivity index (χ4v) is 4.45. The average Bonchev–Trinajstić information content (AvgIpc) is 2.86. The summed E-state index contributed by atoms with van der Waals surface area (Å²) in [6.07, 6.45) is 3.33. The Morgan fingerprint density at radius 3 is 2.24 bits per heavy atom. The molecule has 7 heteroatoms. The molecular weight excluding hydrogens is 558 g/mol. The van der Waals surface area contributed by atoms with Crippen LogP contribution in [0.2, 0.25) is 0 Å². The van der Waals surface area contributed by atoms with Crippen molar-refractivity contribution >= 4 is 44.0 Å². The van der Waals surface area contributed by atoms with Gasteiger partial charge in [0.25, 0.3) is 0 Å². The van der Waals surface area contributed by atoms with Gasteiger partial charge in [0, 0.05) is 27.0 Å². The Morgan fingerprint density at radius 1 is 0.941 bits per heavy atom. The van der Waals surface area contributed by atoms with Crippen LogP contribution in [0.25, 0.3) is 0 Å². The minimum absolute atomic E-state index is 0.0118. The van der Waals surface area contributed by atoms with Crippen LogP contribution in [-0.4, -0.2) is 30.1 Å². The molecule has 0 unspecified atom stereocenters. The van der Waals surface area contributed by atoms with E-state index < -0.39 is 0 Å². The molecule has 1 aliphatic heterocycles. The normalized spacial score (nSPS) is 14.9. The van der Waals surface area contributed by atoms with Crippen LogP contribution in [0.5, 0.6) is 5.75 Å². The molecule has 4 rings (SSSR count). The number of nitrogens with zero attached hydrogens (tertiary/aromatic N) is 2. The molecule has 0 spiro atoms. The molecule has 1 heterocycles. The van der Waals surface area contributed by atoms with E-state index in [1.807, 2.05) is 48.5 Å². The largest absolute Gasteiger partial charge is 0.488 e. The number of rotatable bonds is 8. The van der Waals surface area contributed by atoms with E-state index >= 15 is 0 Å². The molecule has 1 N–H and O–H groups in total. The molecule has 1 amide bonds. The van der Waals surface area contributed by atoms with Crippen molar-refractivity contribution in [2.75, 3.05) is 13.1 Å². The second-order valence-corrected chi connectivity index (χ2v) is 10.2. The van der Waals surface area contributed by atoms with Gasteiger partial charge in [0.15, 0.2) is 0 Å². The van der Waals surface area contributed by atoms with Crippen LogP contribution in [0.3, 0.4) is 0 Å². The second kappa shape index (κ2) is 12.3. The third kappa shape index (κ3) is 7.26. The van der Waals surface area contributed by atoms with Gasteiger partial charge in [0.1, 0.15) is 12.4 Å². The summed E-state index contributed by atoms with van der Waals surface area (Å²) in [5.74, 6) is 0.694. The SMILES string of the molecule is O=C(N/N=C/c1ccccc1OCc1ccc(Br)cc1)C1CCN(Cc2ccc(Br)cc2)CC1. The number of ether oxygens (including phenoxy) is 1. The summed E-state index contributed by atoms with van der Waals surface area (Å²) in [7, 11) is 0. The molecule has 1 fully saturated rings. The van der Waals surface area contributed by atoms with Crippen LogP contribution in [-0.2, 0) is 17.9 Å². The number of carbonyl (C=O) groups is 1. The molecule has 1 saturated heterocycles. The highest BCUT2D eigenvalue weighted by atomic mass is 79.9. The Balaban J connectivity index is 1.25. The number of benzene rings is 3. The van der Waals surface area contributed by atoms with Crippen molar-refractivity contribution in [2.45, 2.75) is 26.0 Å². The first-order valence-electron chi connectivity index (χ1n) is 11.3. The lowest BCUT2D eigenvalue weighted by molar-refractivity contribution is -0.126. The van der Waals surface area contributed by atoms with Crippen molar-refractivity contribution in [3.05, 3.63) is 98.4 Å². The number of carbonyl (C=O) groups excluding carboxylic acids is 1. The van der Waals surface area contributed by atoms with Crippen LogP contribution >= 0.6 is 31.9 Å². The molecule has 176 valence electrons. The van der Waals surface area contributed by atoms with Gasteiger partial charge < -0.3 is 4.74 Å². The Hall–Kier alpha value is -2.48. The smallest absolute Gasteiger partial charge is 0.243 e. The Labute approximate surface area is 217 Å². The van der Waals surface area contributed by atoms with Crippen molar-refractivity contribution in [1.29, 1.82) is 0 Å². The maximum Gasteiger partial charge on any atom is 0.243 e. The molecule has 5 nitrogen and oxygen atoms in total. The fraction of sp³-hybridized carbons (Fsp3) is 0.259. The van der Waals surface area contributed by atoms with Crippen LogP contribution in [0.4, 0.5) is 0 Å². The standard InChI is InChI=1S/C27H27Br2N3O2/c28-24-9-5-20(6-10-24)18-32-15-13-22(14-16-32)27(33)31-30-17-23-3-1-2-4-26(23)34-19-21-7-11-25(29)12-8-21/h1-12,17,22H,13-16,18-19H2,(H,31,33)/b30-17+. The predicted molar refractivity (Wildman–Crippen MR) is 143 cm³/mol.